The zero-order chi connectivity index (χ0) is 17.1. The maximum Gasteiger partial charge on any atom is 0.0931 e. The van der Waals surface area contributed by atoms with E-state index in [2.05, 4.69) is 38.7 Å². The summed E-state index contributed by atoms with van der Waals surface area (Å²) in [6.45, 7) is 16.7. The van der Waals surface area contributed by atoms with Crippen LogP contribution >= 0.6 is 0 Å². The van der Waals surface area contributed by atoms with Crippen molar-refractivity contribution in [3.8, 4) is 0 Å². The Morgan fingerprint density at radius 3 is 2.39 bits per heavy atom. The molecule has 2 heteroatoms. The van der Waals surface area contributed by atoms with Crippen molar-refractivity contribution in [1.82, 2.24) is 4.90 Å². The Morgan fingerprint density at radius 2 is 1.74 bits per heavy atom. The van der Waals surface area contributed by atoms with Crippen molar-refractivity contribution in [2.45, 2.75) is 91.3 Å². The summed E-state index contributed by atoms with van der Waals surface area (Å²) in [5, 5.41) is 0. The minimum atomic E-state index is 0.0837. The molecule has 23 heavy (non-hydrogen) atoms. The standard InChI is InChI=1S/C19H33NO.C2H6/c1-5-20(6-2)13-12-16-9-7-8-15-10-11-17-14-19(15,16)21-18(17,3)4;1-2/h9,15,17H,5-8,10-14H2,1-4H3;1-2H3. The molecule has 3 rings (SSSR count). The van der Waals surface area contributed by atoms with Gasteiger partial charge in [-0.2, -0.15) is 0 Å². The Labute approximate surface area is 144 Å². The molecule has 3 atom stereocenters. The van der Waals surface area contributed by atoms with Crippen molar-refractivity contribution in [3.05, 3.63) is 11.6 Å². The maximum absolute atomic E-state index is 6.79. The monoisotopic (exact) mass is 321 g/mol. The molecule has 0 aromatic rings. The predicted molar refractivity (Wildman–Crippen MR) is 99.8 cm³/mol. The summed E-state index contributed by atoms with van der Waals surface area (Å²) in [7, 11) is 0. The fraction of sp³-hybridized carbons (Fsp3) is 0.905. The molecule has 0 radical (unpaired) electrons. The minimum Gasteiger partial charge on any atom is -0.364 e. The number of rotatable bonds is 5. The van der Waals surface area contributed by atoms with Gasteiger partial charge in [0.1, 0.15) is 0 Å². The zero-order valence-electron chi connectivity index (χ0n) is 16.5. The number of hydrogen-bond donors (Lipinski definition) is 0. The van der Waals surface area contributed by atoms with Crippen LogP contribution in [-0.2, 0) is 4.74 Å². The average molecular weight is 322 g/mol. The Morgan fingerprint density at radius 1 is 1.09 bits per heavy atom. The van der Waals surface area contributed by atoms with Crippen molar-refractivity contribution in [3.63, 3.8) is 0 Å². The first kappa shape index (κ1) is 19.0. The highest BCUT2D eigenvalue weighted by Gasteiger charge is 2.59. The highest BCUT2D eigenvalue weighted by atomic mass is 16.5. The van der Waals surface area contributed by atoms with Crippen LogP contribution in [-0.4, -0.2) is 35.7 Å². The molecule has 2 bridgehead atoms. The molecule has 1 aliphatic heterocycles. The number of ether oxygens (including phenoxy) is 1. The first-order chi connectivity index (χ1) is 11.0. The van der Waals surface area contributed by atoms with E-state index in [1.807, 2.05) is 13.8 Å². The van der Waals surface area contributed by atoms with E-state index in [1.165, 1.54) is 45.1 Å². The summed E-state index contributed by atoms with van der Waals surface area (Å²) in [6.07, 6.45) is 10.4. The summed E-state index contributed by atoms with van der Waals surface area (Å²) < 4.78 is 6.79. The molecule has 1 spiro atoms. The fourth-order valence-corrected chi connectivity index (χ4v) is 5.14. The van der Waals surface area contributed by atoms with E-state index in [0.29, 0.717) is 0 Å². The van der Waals surface area contributed by atoms with E-state index in [4.69, 9.17) is 4.74 Å². The molecule has 2 nitrogen and oxygen atoms in total. The largest absolute Gasteiger partial charge is 0.364 e. The molecule has 1 saturated carbocycles. The molecule has 0 aromatic carbocycles. The van der Waals surface area contributed by atoms with Crippen LogP contribution in [0.1, 0.15) is 80.1 Å². The van der Waals surface area contributed by atoms with E-state index in [-0.39, 0.29) is 11.2 Å². The third kappa shape index (κ3) is 3.54. The highest BCUT2D eigenvalue weighted by Crippen LogP contribution is 2.59. The molecule has 1 heterocycles. The summed E-state index contributed by atoms with van der Waals surface area (Å²) in [5.41, 5.74) is 1.83. The van der Waals surface area contributed by atoms with E-state index in [0.717, 1.165) is 24.9 Å². The van der Waals surface area contributed by atoms with Gasteiger partial charge in [-0.05, 0) is 82.9 Å². The topological polar surface area (TPSA) is 12.5 Å². The van der Waals surface area contributed by atoms with Crippen molar-refractivity contribution < 1.29 is 4.74 Å². The lowest BCUT2D eigenvalue weighted by Gasteiger charge is -2.45. The molecule has 0 amide bonds. The third-order valence-electron chi connectivity index (χ3n) is 6.54. The predicted octanol–water partition coefficient (Wildman–Crippen LogP) is 5.43. The highest BCUT2D eigenvalue weighted by molar-refractivity contribution is 5.28. The van der Waals surface area contributed by atoms with Gasteiger partial charge >= 0.3 is 0 Å². The van der Waals surface area contributed by atoms with E-state index < -0.39 is 0 Å². The lowest BCUT2D eigenvalue weighted by atomic mass is 9.63. The summed E-state index contributed by atoms with van der Waals surface area (Å²) in [4.78, 5) is 2.54. The lowest BCUT2D eigenvalue weighted by Crippen LogP contribution is -2.44. The summed E-state index contributed by atoms with van der Waals surface area (Å²) in [6, 6.07) is 0. The lowest BCUT2D eigenvalue weighted by molar-refractivity contribution is -0.0980. The first-order valence-electron chi connectivity index (χ1n) is 10.1. The molecule has 134 valence electrons. The van der Waals surface area contributed by atoms with Gasteiger partial charge in [0, 0.05) is 6.54 Å². The Kier molecular flexibility index (Phi) is 6.35. The van der Waals surface area contributed by atoms with Crippen molar-refractivity contribution >= 4 is 0 Å². The molecule has 3 unspecified atom stereocenters. The van der Waals surface area contributed by atoms with Gasteiger partial charge in [0.05, 0.1) is 11.2 Å². The summed E-state index contributed by atoms with van der Waals surface area (Å²) in [5.74, 6) is 1.55. The molecular weight excluding hydrogens is 282 g/mol. The number of hydrogen-bond acceptors (Lipinski definition) is 2. The normalized spacial score (nSPS) is 34.5. The van der Waals surface area contributed by atoms with Gasteiger partial charge in [-0.25, -0.2) is 0 Å². The van der Waals surface area contributed by atoms with E-state index in [9.17, 15) is 0 Å². The quantitative estimate of drug-likeness (QED) is 0.626. The number of fused-ring (bicyclic) bond motifs is 1. The van der Waals surface area contributed by atoms with Crippen LogP contribution in [0.5, 0.6) is 0 Å². The zero-order valence-corrected chi connectivity index (χ0v) is 16.5. The molecule has 0 aromatic heterocycles. The third-order valence-corrected chi connectivity index (χ3v) is 6.54. The smallest absolute Gasteiger partial charge is 0.0931 e. The summed E-state index contributed by atoms with van der Waals surface area (Å²) >= 11 is 0. The van der Waals surface area contributed by atoms with E-state index in [1.54, 1.807) is 5.57 Å². The first-order valence-corrected chi connectivity index (χ1v) is 10.1. The Balaban J connectivity index is 0.000000924. The van der Waals surface area contributed by atoms with Crippen molar-refractivity contribution in [2.24, 2.45) is 11.8 Å². The van der Waals surface area contributed by atoms with Crippen LogP contribution in [0.25, 0.3) is 0 Å². The molecule has 3 aliphatic rings. The number of nitrogens with zero attached hydrogens (tertiary/aromatic N) is 1. The van der Waals surface area contributed by atoms with Gasteiger partial charge in [0.15, 0.2) is 0 Å². The van der Waals surface area contributed by atoms with Gasteiger partial charge < -0.3 is 9.64 Å². The molecule has 1 saturated heterocycles. The molecule has 2 aliphatic carbocycles. The fourth-order valence-electron chi connectivity index (χ4n) is 5.14. The minimum absolute atomic E-state index is 0.0837. The van der Waals surface area contributed by atoms with Gasteiger partial charge in [-0.15, -0.1) is 0 Å². The SMILES string of the molecule is CC.CCN(CC)CCC1=CCCC2CCC3CC12OC3(C)C. The van der Waals surface area contributed by atoms with Crippen LogP contribution < -0.4 is 0 Å². The van der Waals surface area contributed by atoms with E-state index >= 15 is 0 Å². The van der Waals surface area contributed by atoms with Crippen LogP contribution in [0.3, 0.4) is 0 Å². The molecule has 2 fully saturated rings. The second-order valence-corrected chi connectivity index (χ2v) is 7.85. The van der Waals surface area contributed by atoms with Crippen LogP contribution in [0.15, 0.2) is 11.6 Å². The average Bonchev–Trinajstić information content (AvgIpc) is 2.76. The van der Waals surface area contributed by atoms with Crippen molar-refractivity contribution in [2.75, 3.05) is 19.6 Å². The molecule has 0 N–H and O–H groups in total. The van der Waals surface area contributed by atoms with Gasteiger partial charge in [0.2, 0.25) is 0 Å². The second kappa shape index (κ2) is 7.70. The van der Waals surface area contributed by atoms with Gasteiger partial charge in [-0.1, -0.05) is 33.8 Å². The molecular formula is C21H39NO. The Bertz CT molecular complexity index is 410. The van der Waals surface area contributed by atoms with Crippen LogP contribution in [0.4, 0.5) is 0 Å². The number of allylic oxidation sites excluding steroid dienone is 1. The van der Waals surface area contributed by atoms with Gasteiger partial charge in [0.25, 0.3) is 0 Å². The second-order valence-electron chi connectivity index (χ2n) is 7.85. The van der Waals surface area contributed by atoms with Crippen LogP contribution in [0.2, 0.25) is 0 Å². The van der Waals surface area contributed by atoms with Gasteiger partial charge in [-0.3, -0.25) is 0 Å². The maximum atomic E-state index is 6.79. The van der Waals surface area contributed by atoms with Crippen LogP contribution in [0, 0.1) is 11.8 Å². The Hall–Kier alpha value is -0.340. The van der Waals surface area contributed by atoms with Crippen molar-refractivity contribution in [1.29, 1.82) is 0 Å².